The van der Waals surface area contributed by atoms with Crippen LogP contribution in [0.3, 0.4) is 0 Å². The van der Waals surface area contributed by atoms with Crippen LogP contribution in [0.5, 0.6) is 5.88 Å². The maximum atomic E-state index is 10.9. The summed E-state index contributed by atoms with van der Waals surface area (Å²) in [5, 5.41) is 0.517. The lowest BCUT2D eigenvalue weighted by molar-refractivity contribution is -0.137. The van der Waals surface area contributed by atoms with Crippen molar-refractivity contribution in [2.24, 2.45) is 0 Å². The zero-order valence-electron chi connectivity index (χ0n) is 9.10. The van der Waals surface area contributed by atoms with Gasteiger partial charge in [0.2, 0.25) is 5.88 Å². The fourth-order valence-electron chi connectivity index (χ4n) is 0.917. The second-order valence-electron chi connectivity index (χ2n) is 2.70. The lowest BCUT2D eigenvalue weighted by Crippen LogP contribution is -2.06. The molecule has 0 amide bonds. The van der Waals surface area contributed by atoms with Crippen molar-refractivity contribution in [3.8, 4) is 5.88 Å². The Morgan fingerprint density at radius 1 is 1.56 bits per heavy atom. The van der Waals surface area contributed by atoms with Crippen molar-refractivity contribution in [1.29, 1.82) is 0 Å². The van der Waals surface area contributed by atoms with Gasteiger partial charge in [-0.05, 0) is 6.92 Å². The molecule has 1 rings (SSSR count). The van der Waals surface area contributed by atoms with E-state index in [1.807, 2.05) is 6.92 Å². The Balaban J connectivity index is 2.72. The van der Waals surface area contributed by atoms with Crippen molar-refractivity contribution in [2.45, 2.75) is 11.9 Å². The molecule has 0 spiro atoms. The summed E-state index contributed by atoms with van der Waals surface area (Å²) in [6.07, 6.45) is 1.35. The number of ether oxygens (including phenoxy) is 2. The van der Waals surface area contributed by atoms with Crippen molar-refractivity contribution >= 4 is 23.4 Å². The molecule has 16 heavy (non-hydrogen) atoms. The minimum atomic E-state index is -0.332. The number of methoxy groups -OCH3 is 1. The van der Waals surface area contributed by atoms with Gasteiger partial charge in [-0.1, -0.05) is 11.8 Å². The van der Waals surface area contributed by atoms with Gasteiger partial charge in [0.05, 0.1) is 19.5 Å². The molecule has 1 heterocycles. The number of nitrogens with two attached hydrogens (primary N) is 1. The Morgan fingerprint density at radius 3 is 2.94 bits per heavy atom. The van der Waals surface area contributed by atoms with Gasteiger partial charge in [0, 0.05) is 0 Å². The van der Waals surface area contributed by atoms with Gasteiger partial charge in [-0.3, -0.25) is 4.79 Å². The maximum absolute atomic E-state index is 10.9. The van der Waals surface area contributed by atoms with Gasteiger partial charge < -0.3 is 15.2 Å². The zero-order valence-corrected chi connectivity index (χ0v) is 9.91. The van der Waals surface area contributed by atoms with Crippen molar-refractivity contribution in [2.75, 3.05) is 25.2 Å². The molecular formula is C9H13N3O3S. The van der Waals surface area contributed by atoms with Crippen LogP contribution in [-0.4, -0.2) is 35.4 Å². The van der Waals surface area contributed by atoms with Crippen LogP contribution in [0.4, 0.5) is 5.69 Å². The lowest BCUT2D eigenvalue weighted by Gasteiger charge is -2.07. The molecule has 0 aliphatic carbocycles. The van der Waals surface area contributed by atoms with Gasteiger partial charge in [-0.25, -0.2) is 4.98 Å². The van der Waals surface area contributed by atoms with Crippen molar-refractivity contribution in [3.63, 3.8) is 0 Å². The quantitative estimate of drug-likeness (QED) is 0.463. The number of rotatable bonds is 5. The number of carbonyl (C=O) groups excluding carboxylic acids is 1. The third kappa shape index (κ3) is 3.27. The molecular weight excluding hydrogens is 230 g/mol. The normalized spacial score (nSPS) is 9.88. The number of thioether (sulfide) groups is 1. The average molecular weight is 243 g/mol. The Bertz CT molecular complexity index is 373. The minimum absolute atomic E-state index is 0.156. The van der Waals surface area contributed by atoms with Crippen LogP contribution in [0.15, 0.2) is 11.4 Å². The fourth-order valence-corrected chi connectivity index (χ4v) is 1.65. The van der Waals surface area contributed by atoms with Gasteiger partial charge in [-0.2, -0.15) is 4.98 Å². The first kappa shape index (κ1) is 12.6. The predicted molar refractivity (Wildman–Crippen MR) is 60.4 cm³/mol. The van der Waals surface area contributed by atoms with E-state index in [9.17, 15) is 4.79 Å². The smallest absolute Gasteiger partial charge is 0.316 e. The van der Waals surface area contributed by atoms with E-state index in [0.717, 1.165) is 0 Å². The van der Waals surface area contributed by atoms with Crippen LogP contribution in [0, 0.1) is 0 Å². The standard InChI is InChI=1S/C9H13N3O3S/c1-3-15-8-7(10)9(12-5-11-8)16-4-6(13)14-2/h5H,3-4,10H2,1-2H3. The van der Waals surface area contributed by atoms with E-state index in [4.69, 9.17) is 10.5 Å². The predicted octanol–water partition coefficient (Wildman–Crippen LogP) is 0.723. The first-order chi connectivity index (χ1) is 7.69. The molecule has 1 aromatic rings. The van der Waals surface area contributed by atoms with Crippen LogP contribution < -0.4 is 10.5 Å². The van der Waals surface area contributed by atoms with Crippen LogP contribution in [-0.2, 0) is 9.53 Å². The summed E-state index contributed by atoms with van der Waals surface area (Å²) < 4.78 is 9.72. The van der Waals surface area contributed by atoms with Crippen molar-refractivity contribution in [1.82, 2.24) is 9.97 Å². The van der Waals surface area contributed by atoms with E-state index in [2.05, 4.69) is 14.7 Å². The molecule has 0 aliphatic rings. The summed E-state index contributed by atoms with van der Waals surface area (Å²) in [5.41, 5.74) is 6.12. The van der Waals surface area contributed by atoms with Crippen molar-refractivity contribution in [3.05, 3.63) is 6.33 Å². The second kappa shape index (κ2) is 6.16. The molecule has 0 aromatic carbocycles. The van der Waals surface area contributed by atoms with Crippen molar-refractivity contribution < 1.29 is 14.3 Å². The molecule has 0 saturated carbocycles. The van der Waals surface area contributed by atoms with E-state index < -0.39 is 0 Å². The highest BCUT2D eigenvalue weighted by molar-refractivity contribution is 8.00. The van der Waals surface area contributed by atoms with Crippen LogP contribution in [0.25, 0.3) is 0 Å². The highest BCUT2D eigenvalue weighted by Gasteiger charge is 2.11. The van der Waals surface area contributed by atoms with E-state index >= 15 is 0 Å². The van der Waals surface area contributed by atoms with Gasteiger partial charge in [-0.15, -0.1) is 0 Å². The van der Waals surface area contributed by atoms with Gasteiger partial charge in [0.25, 0.3) is 0 Å². The third-order valence-electron chi connectivity index (χ3n) is 1.65. The number of carbonyl (C=O) groups is 1. The second-order valence-corrected chi connectivity index (χ2v) is 3.66. The number of aromatic nitrogens is 2. The van der Waals surface area contributed by atoms with Gasteiger partial charge >= 0.3 is 5.97 Å². The Hall–Kier alpha value is -1.50. The first-order valence-corrected chi connectivity index (χ1v) is 5.60. The molecule has 6 nitrogen and oxygen atoms in total. The van der Waals surface area contributed by atoms with E-state index in [-0.39, 0.29) is 11.7 Å². The third-order valence-corrected chi connectivity index (χ3v) is 2.63. The number of hydrogen-bond donors (Lipinski definition) is 1. The molecule has 88 valence electrons. The summed E-state index contributed by atoms with van der Waals surface area (Å²) in [6, 6.07) is 0. The maximum Gasteiger partial charge on any atom is 0.316 e. The molecule has 0 fully saturated rings. The number of nitrogens with zero attached hydrogens (tertiary/aromatic N) is 2. The highest BCUT2D eigenvalue weighted by atomic mass is 32.2. The zero-order chi connectivity index (χ0) is 12.0. The highest BCUT2D eigenvalue weighted by Crippen LogP contribution is 2.28. The molecule has 0 saturated heterocycles. The van der Waals surface area contributed by atoms with E-state index in [1.165, 1.54) is 25.2 Å². The topological polar surface area (TPSA) is 87.3 Å². The number of hydrogen-bond acceptors (Lipinski definition) is 7. The summed E-state index contributed by atoms with van der Waals surface area (Å²) >= 11 is 1.19. The first-order valence-electron chi connectivity index (χ1n) is 4.62. The van der Waals surface area contributed by atoms with Crippen LogP contribution >= 0.6 is 11.8 Å². The number of nitrogen functional groups attached to an aromatic ring is 1. The monoisotopic (exact) mass is 243 g/mol. The summed E-state index contributed by atoms with van der Waals surface area (Å²) in [5.74, 6) is 0.161. The SMILES string of the molecule is CCOc1ncnc(SCC(=O)OC)c1N. The molecule has 1 aromatic heterocycles. The summed E-state index contributed by atoms with van der Waals surface area (Å²) in [7, 11) is 1.33. The molecule has 0 aliphatic heterocycles. The molecule has 0 radical (unpaired) electrons. The summed E-state index contributed by atoms with van der Waals surface area (Å²) in [6.45, 7) is 2.31. The minimum Gasteiger partial charge on any atom is -0.476 e. The molecule has 0 unspecified atom stereocenters. The molecule has 2 N–H and O–H groups in total. The Labute approximate surface area is 97.5 Å². The fraction of sp³-hybridized carbons (Fsp3) is 0.444. The number of esters is 1. The van der Waals surface area contributed by atoms with E-state index in [1.54, 1.807) is 0 Å². The molecule has 0 bridgehead atoms. The largest absolute Gasteiger partial charge is 0.476 e. The van der Waals surface area contributed by atoms with Gasteiger partial charge in [0.15, 0.2) is 0 Å². The molecule has 7 heteroatoms. The Morgan fingerprint density at radius 2 is 2.31 bits per heavy atom. The van der Waals surface area contributed by atoms with Gasteiger partial charge in [0.1, 0.15) is 17.0 Å². The molecule has 0 atom stereocenters. The lowest BCUT2D eigenvalue weighted by atomic mass is 10.5. The van der Waals surface area contributed by atoms with Crippen LogP contribution in [0.1, 0.15) is 6.92 Å². The Kier molecular flexibility index (Phi) is 4.84. The van der Waals surface area contributed by atoms with Crippen LogP contribution in [0.2, 0.25) is 0 Å². The van der Waals surface area contributed by atoms with E-state index in [0.29, 0.717) is 23.2 Å². The number of anilines is 1. The average Bonchev–Trinajstić information content (AvgIpc) is 2.30. The summed E-state index contributed by atoms with van der Waals surface area (Å²) in [4.78, 5) is 18.8.